The van der Waals surface area contributed by atoms with E-state index >= 15 is 0 Å². The van der Waals surface area contributed by atoms with Crippen molar-refractivity contribution in [2.75, 3.05) is 18.5 Å². The summed E-state index contributed by atoms with van der Waals surface area (Å²) in [4.78, 5) is 15.2. The van der Waals surface area contributed by atoms with Crippen molar-refractivity contribution in [2.45, 2.75) is 20.3 Å². The number of rotatable bonds is 6. The minimum absolute atomic E-state index is 0.0895. The van der Waals surface area contributed by atoms with E-state index in [-0.39, 0.29) is 18.1 Å². The Balaban J connectivity index is 2.83. The third-order valence-electron chi connectivity index (χ3n) is 2.43. The quantitative estimate of drug-likeness (QED) is 0.697. The molecule has 1 aromatic rings. The number of aromatic nitrogens is 1. The predicted molar refractivity (Wildman–Crippen MR) is 65.3 cm³/mol. The number of hydrogen-bond donors (Lipinski definition) is 3. The third-order valence-corrected chi connectivity index (χ3v) is 2.43. The summed E-state index contributed by atoms with van der Waals surface area (Å²) < 4.78 is 0. The molecule has 1 atom stereocenters. The lowest BCUT2D eigenvalue weighted by Gasteiger charge is -2.11. The fourth-order valence-corrected chi connectivity index (χ4v) is 1.33. The number of aliphatic hydroxyl groups is 1. The number of aromatic carboxylic acids is 1. The third kappa shape index (κ3) is 4.03. The van der Waals surface area contributed by atoms with Gasteiger partial charge in [0.05, 0.1) is 5.56 Å². The summed E-state index contributed by atoms with van der Waals surface area (Å²) in [6.07, 6.45) is 0.686. The van der Waals surface area contributed by atoms with Crippen LogP contribution in [-0.2, 0) is 6.42 Å². The molecule has 1 rings (SSSR count). The molecule has 0 saturated carbocycles. The Bertz CT molecular complexity index is 393. The highest BCUT2D eigenvalue weighted by Crippen LogP contribution is 2.12. The van der Waals surface area contributed by atoms with Crippen LogP contribution >= 0.6 is 0 Å². The summed E-state index contributed by atoms with van der Waals surface area (Å²) in [5.41, 5.74) is 0.972. The summed E-state index contributed by atoms with van der Waals surface area (Å²) in [6, 6.07) is 3.08. The zero-order valence-electron chi connectivity index (χ0n) is 10.1. The van der Waals surface area contributed by atoms with Crippen LogP contribution in [0.25, 0.3) is 0 Å². The lowest BCUT2D eigenvalue weighted by molar-refractivity contribution is 0.0696. The average molecular weight is 238 g/mol. The van der Waals surface area contributed by atoms with Crippen LogP contribution in [0.5, 0.6) is 0 Å². The molecule has 0 saturated heterocycles. The van der Waals surface area contributed by atoms with E-state index in [1.54, 1.807) is 6.07 Å². The van der Waals surface area contributed by atoms with Crippen molar-refractivity contribution in [2.24, 2.45) is 5.92 Å². The Labute approximate surface area is 101 Å². The van der Waals surface area contributed by atoms with E-state index in [0.717, 1.165) is 5.69 Å². The second-order valence-electron chi connectivity index (χ2n) is 4.06. The van der Waals surface area contributed by atoms with Gasteiger partial charge < -0.3 is 15.5 Å². The summed E-state index contributed by atoms with van der Waals surface area (Å²) in [5.74, 6) is -0.308. The summed E-state index contributed by atoms with van der Waals surface area (Å²) >= 11 is 0. The molecule has 0 spiro atoms. The number of hydrogen-bond acceptors (Lipinski definition) is 4. The number of carboxylic acids is 1. The van der Waals surface area contributed by atoms with E-state index in [9.17, 15) is 4.79 Å². The number of nitrogens with zero attached hydrogens (tertiary/aromatic N) is 1. The van der Waals surface area contributed by atoms with Crippen molar-refractivity contribution in [1.82, 2.24) is 4.98 Å². The zero-order valence-corrected chi connectivity index (χ0v) is 10.1. The number of anilines is 1. The molecular formula is C12H18N2O3. The average Bonchev–Trinajstić information content (AvgIpc) is 2.35. The molecule has 1 unspecified atom stereocenters. The first-order valence-electron chi connectivity index (χ1n) is 5.65. The minimum atomic E-state index is -0.958. The van der Waals surface area contributed by atoms with Gasteiger partial charge >= 0.3 is 5.97 Å². The highest BCUT2D eigenvalue weighted by Gasteiger charge is 2.08. The van der Waals surface area contributed by atoms with Gasteiger partial charge in [0, 0.05) is 18.8 Å². The van der Waals surface area contributed by atoms with E-state index in [1.165, 1.54) is 6.07 Å². The molecule has 3 N–H and O–H groups in total. The number of pyridine rings is 1. The van der Waals surface area contributed by atoms with Crippen LogP contribution in [0.15, 0.2) is 12.1 Å². The fraction of sp³-hybridized carbons (Fsp3) is 0.500. The second-order valence-corrected chi connectivity index (χ2v) is 4.06. The molecule has 1 aromatic heterocycles. The number of aliphatic hydroxyl groups excluding tert-OH is 1. The van der Waals surface area contributed by atoms with Gasteiger partial charge in [0.25, 0.3) is 0 Å². The predicted octanol–water partition coefficient (Wildman–Crippen LogP) is 1.38. The molecule has 5 nitrogen and oxygen atoms in total. The standard InChI is InChI=1S/C12H18N2O3/c1-3-10-4-9(12(16)17)5-11(14-10)13-6-8(2)7-15/h4-5,8,15H,3,6-7H2,1-2H3,(H,13,14)(H,16,17). The normalized spacial score (nSPS) is 12.2. The highest BCUT2D eigenvalue weighted by atomic mass is 16.4. The molecule has 0 aliphatic rings. The van der Waals surface area contributed by atoms with Gasteiger partial charge in [-0.25, -0.2) is 9.78 Å². The summed E-state index contributed by atoms with van der Waals surface area (Å²) in [5, 5.41) is 20.9. The molecule has 17 heavy (non-hydrogen) atoms. The summed E-state index contributed by atoms with van der Waals surface area (Å²) in [7, 11) is 0. The van der Waals surface area contributed by atoms with Gasteiger partial charge in [-0.05, 0) is 24.5 Å². The lowest BCUT2D eigenvalue weighted by atomic mass is 10.2. The zero-order chi connectivity index (χ0) is 12.8. The van der Waals surface area contributed by atoms with Crippen LogP contribution in [0, 0.1) is 5.92 Å². The van der Waals surface area contributed by atoms with Crippen molar-refractivity contribution >= 4 is 11.8 Å². The van der Waals surface area contributed by atoms with Crippen LogP contribution in [0.3, 0.4) is 0 Å². The first-order chi connectivity index (χ1) is 8.06. The van der Waals surface area contributed by atoms with E-state index in [4.69, 9.17) is 10.2 Å². The Hall–Kier alpha value is -1.62. The smallest absolute Gasteiger partial charge is 0.335 e. The van der Waals surface area contributed by atoms with E-state index in [0.29, 0.717) is 18.8 Å². The van der Waals surface area contributed by atoms with Gasteiger partial charge in [0.2, 0.25) is 0 Å². The van der Waals surface area contributed by atoms with Gasteiger partial charge in [-0.3, -0.25) is 0 Å². The molecule has 0 radical (unpaired) electrons. The Morgan fingerprint density at radius 1 is 1.53 bits per heavy atom. The van der Waals surface area contributed by atoms with Gasteiger partial charge in [0.15, 0.2) is 0 Å². The highest BCUT2D eigenvalue weighted by molar-refractivity contribution is 5.88. The maximum absolute atomic E-state index is 10.9. The number of aryl methyl sites for hydroxylation is 1. The number of nitrogens with one attached hydrogen (secondary N) is 1. The number of carbonyl (C=O) groups is 1. The van der Waals surface area contributed by atoms with Crippen molar-refractivity contribution in [3.8, 4) is 0 Å². The molecule has 94 valence electrons. The SMILES string of the molecule is CCc1cc(C(=O)O)cc(NCC(C)CO)n1. The largest absolute Gasteiger partial charge is 0.478 e. The monoisotopic (exact) mass is 238 g/mol. The van der Waals surface area contributed by atoms with Gasteiger partial charge in [0.1, 0.15) is 5.82 Å². The number of carboxylic acid groups (broad SMARTS) is 1. The maximum atomic E-state index is 10.9. The van der Waals surface area contributed by atoms with Crippen molar-refractivity contribution in [1.29, 1.82) is 0 Å². The van der Waals surface area contributed by atoms with Crippen LogP contribution in [0.4, 0.5) is 5.82 Å². The molecule has 0 aromatic carbocycles. The lowest BCUT2D eigenvalue weighted by Crippen LogP contribution is -2.16. The van der Waals surface area contributed by atoms with Crippen LogP contribution in [-0.4, -0.2) is 34.3 Å². The topological polar surface area (TPSA) is 82.5 Å². The van der Waals surface area contributed by atoms with Crippen LogP contribution in [0.1, 0.15) is 29.9 Å². The van der Waals surface area contributed by atoms with E-state index < -0.39 is 5.97 Å². The van der Waals surface area contributed by atoms with Gasteiger partial charge in [-0.2, -0.15) is 0 Å². The van der Waals surface area contributed by atoms with Crippen LogP contribution in [0.2, 0.25) is 0 Å². The van der Waals surface area contributed by atoms with Crippen molar-refractivity contribution in [3.05, 3.63) is 23.4 Å². The van der Waals surface area contributed by atoms with Gasteiger partial charge in [-0.15, -0.1) is 0 Å². The molecule has 0 fully saturated rings. The first kappa shape index (κ1) is 13.4. The molecule has 0 amide bonds. The second kappa shape index (κ2) is 6.20. The molecule has 1 heterocycles. The molecular weight excluding hydrogens is 220 g/mol. The van der Waals surface area contributed by atoms with Gasteiger partial charge in [-0.1, -0.05) is 13.8 Å². The molecule has 0 aliphatic carbocycles. The molecule has 5 heteroatoms. The van der Waals surface area contributed by atoms with E-state index in [1.807, 2.05) is 13.8 Å². The van der Waals surface area contributed by atoms with E-state index in [2.05, 4.69) is 10.3 Å². The Morgan fingerprint density at radius 2 is 2.24 bits per heavy atom. The summed E-state index contributed by atoms with van der Waals surface area (Å²) in [6.45, 7) is 4.48. The van der Waals surface area contributed by atoms with Crippen molar-refractivity contribution in [3.63, 3.8) is 0 Å². The Kier molecular flexibility index (Phi) is 4.90. The first-order valence-corrected chi connectivity index (χ1v) is 5.65. The maximum Gasteiger partial charge on any atom is 0.335 e. The van der Waals surface area contributed by atoms with Crippen LogP contribution < -0.4 is 5.32 Å². The minimum Gasteiger partial charge on any atom is -0.478 e. The fourth-order valence-electron chi connectivity index (χ4n) is 1.33. The molecule has 0 bridgehead atoms. The molecule has 0 aliphatic heterocycles. The van der Waals surface area contributed by atoms with Crippen molar-refractivity contribution < 1.29 is 15.0 Å². The Morgan fingerprint density at radius 3 is 2.76 bits per heavy atom.